The van der Waals surface area contributed by atoms with Crippen LogP contribution in [0.3, 0.4) is 0 Å². The molecule has 0 aromatic carbocycles. The molecule has 0 aromatic rings. The summed E-state index contributed by atoms with van der Waals surface area (Å²) in [5.74, 6) is 0.835. The molecule has 0 unspecified atom stereocenters. The molecule has 0 N–H and O–H groups in total. The summed E-state index contributed by atoms with van der Waals surface area (Å²) >= 11 is 0. The zero-order valence-electron chi connectivity index (χ0n) is 46.7. The lowest BCUT2D eigenvalue weighted by atomic mass is 10.0. The van der Waals surface area contributed by atoms with Crippen LogP contribution < -0.4 is 0 Å². The maximum Gasteiger partial charge on any atom is 0.306 e. The first-order chi connectivity index (χ1) is 33.2. The van der Waals surface area contributed by atoms with Crippen molar-refractivity contribution in [1.82, 2.24) is 0 Å². The molecule has 0 aromatic heterocycles. The highest BCUT2D eigenvalue weighted by atomic mass is 16.6. The average molecular weight is 962 g/mol. The number of hydrogen-bond donors (Lipinski definition) is 0. The van der Waals surface area contributed by atoms with Gasteiger partial charge in [-0.15, -0.1) is 0 Å². The van der Waals surface area contributed by atoms with E-state index in [4.69, 9.17) is 14.2 Å². The Labute approximate surface area is 425 Å². The van der Waals surface area contributed by atoms with Gasteiger partial charge < -0.3 is 14.2 Å². The Morgan fingerprint density at radius 3 is 0.721 bits per heavy atom. The molecule has 0 aliphatic carbocycles. The van der Waals surface area contributed by atoms with Crippen molar-refractivity contribution < 1.29 is 28.6 Å². The summed E-state index contributed by atoms with van der Waals surface area (Å²) in [5.41, 5.74) is 0. The smallest absolute Gasteiger partial charge is 0.306 e. The third-order valence-corrected chi connectivity index (χ3v) is 14.2. The Morgan fingerprint density at radius 1 is 0.279 bits per heavy atom. The Hall–Kier alpha value is -1.59. The first kappa shape index (κ1) is 66.4. The number of esters is 3. The minimum absolute atomic E-state index is 0.0623. The fourth-order valence-corrected chi connectivity index (χ4v) is 9.58. The fourth-order valence-electron chi connectivity index (χ4n) is 9.58. The normalized spacial score (nSPS) is 12.0. The summed E-state index contributed by atoms with van der Waals surface area (Å²) in [6, 6.07) is 0. The summed E-state index contributed by atoms with van der Waals surface area (Å²) in [6.07, 6.45) is 59.6. The van der Waals surface area contributed by atoms with Crippen LogP contribution in [0.2, 0.25) is 0 Å². The van der Waals surface area contributed by atoms with Crippen LogP contribution in [0.4, 0.5) is 0 Å². The van der Waals surface area contributed by atoms with Crippen LogP contribution in [0.5, 0.6) is 0 Å². The minimum Gasteiger partial charge on any atom is -0.462 e. The molecule has 68 heavy (non-hydrogen) atoms. The second kappa shape index (κ2) is 54.7. The van der Waals surface area contributed by atoms with Gasteiger partial charge in [0.1, 0.15) is 13.2 Å². The zero-order chi connectivity index (χ0) is 49.6. The van der Waals surface area contributed by atoms with Crippen molar-refractivity contribution in [2.75, 3.05) is 13.2 Å². The number of unbranched alkanes of at least 4 members (excludes halogenated alkanes) is 41. The number of carbonyl (C=O) groups is 3. The number of rotatable bonds is 56. The SMILES string of the molecule is CCCCCCCCCCCCCCCCCCCCCC(=O)OC[C@@H](COC(=O)CCCCCCCCCCCCCC(C)C)OC(=O)CCCCCCCCCCCCCCCCC(C)C. The summed E-state index contributed by atoms with van der Waals surface area (Å²) in [6.45, 7) is 11.4. The second-order valence-electron chi connectivity index (χ2n) is 22.3. The standard InChI is InChI=1S/C62H120O6/c1-6-7-8-9-10-11-12-13-14-15-16-17-18-22-27-32-37-42-47-52-60(63)66-55-59(56-67-61(64)53-48-43-38-33-29-24-26-31-36-41-46-51-58(4)5)68-62(65)54-49-44-39-34-28-23-20-19-21-25-30-35-40-45-50-57(2)3/h57-59H,6-56H2,1-5H3/t59-/m0/s1. The van der Waals surface area contributed by atoms with E-state index in [-0.39, 0.29) is 31.1 Å². The summed E-state index contributed by atoms with van der Waals surface area (Å²) in [5, 5.41) is 0. The fraction of sp³-hybridized carbons (Fsp3) is 0.952. The van der Waals surface area contributed by atoms with Gasteiger partial charge in [-0.3, -0.25) is 14.4 Å². The molecule has 0 spiro atoms. The highest BCUT2D eigenvalue weighted by molar-refractivity contribution is 5.71. The molecule has 0 aliphatic rings. The summed E-state index contributed by atoms with van der Waals surface area (Å²) in [7, 11) is 0. The van der Waals surface area contributed by atoms with Gasteiger partial charge in [0.25, 0.3) is 0 Å². The van der Waals surface area contributed by atoms with Crippen molar-refractivity contribution in [3.05, 3.63) is 0 Å². The lowest BCUT2D eigenvalue weighted by Crippen LogP contribution is -2.30. The van der Waals surface area contributed by atoms with Crippen LogP contribution in [0.1, 0.15) is 349 Å². The van der Waals surface area contributed by atoms with E-state index in [0.717, 1.165) is 69.6 Å². The van der Waals surface area contributed by atoms with E-state index in [9.17, 15) is 14.4 Å². The lowest BCUT2D eigenvalue weighted by molar-refractivity contribution is -0.167. The van der Waals surface area contributed by atoms with Gasteiger partial charge in [0.15, 0.2) is 6.10 Å². The van der Waals surface area contributed by atoms with E-state index >= 15 is 0 Å². The van der Waals surface area contributed by atoms with Crippen molar-refractivity contribution in [2.45, 2.75) is 355 Å². The van der Waals surface area contributed by atoms with Gasteiger partial charge in [-0.05, 0) is 31.1 Å². The van der Waals surface area contributed by atoms with Gasteiger partial charge in [0, 0.05) is 19.3 Å². The predicted octanol–water partition coefficient (Wildman–Crippen LogP) is 20.4. The van der Waals surface area contributed by atoms with Gasteiger partial charge in [-0.1, -0.05) is 311 Å². The van der Waals surface area contributed by atoms with Crippen molar-refractivity contribution >= 4 is 17.9 Å². The van der Waals surface area contributed by atoms with Crippen LogP contribution in [0, 0.1) is 11.8 Å². The van der Waals surface area contributed by atoms with Crippen LogP contribution in [0.25, 0.3) is 0 Å². The van der Waals surface area contributed by atoms with E-state index in [1.54, 1.807) is 0 Å². The maximum atomic E-state index is 12.9. The molecule has 6 heteroatoms. The van der Waals surface area contributed by atoms with E-state index in [1.165, 1.54) is 238 Å². The van der Waals surface area contributed by atoms with Gasteiger partial charge in [0.2, 0.25) is 0 Å². The Morgan fingerprint density at radius 2 is 0.485 bits per heavy atom. The molecular weight excluding hydrogens is 841 g/mol. The summed E-state index contributed by atoms with van der Waals surface area (Å²) < 4.78 is 16.9. The predicted molar refractivity (Wildman–Crippen MR) is 293 cm³/mol. The van der Waals surface area contributed by atoms with E-state index < -0.39 is 6.10 Å². The van der Waals surface area contributed by atoms with Crippen molar-refractivity contribution in [3.63, 3.8) is 0 Å². The van der Waals surface area contributed by atoms with E-state index in [1.807, 2.05) is 0 Å². The third-order valence-electron chi connectivity index (χ3n) is 14.2. The minimum atomic E-state index is -0.763. The molecule has 1 atom stereocenters. The average Bonchev–Trinajstić information content (AvgIpc) is 3.31. The second-order valence-corrected chi connectivity index (χ2v) is 22.3. The van der Waals surface area contributed by atoms with Gasteiger partial charge in [-0.2, -0.15) is 0 Å². The Bertz CT molecular complexity index is 1040. The molecule has 0 fully saturated rings. The molecule has 0 saturated heterocycles. The molecule has 6 nitrogen and oxygen atoms in total. The molecule has 0 radical (unpaired) electrons. The third kappa shape index (κ3) is 55.3. The molecule has 0 aliphatic heterocycles. The van der Waals surface area contributed by atoms with Crippen LogP contribution in [-0.2, 0) is 28.6 Å². The zero-order valence-corrected chi connectivity index (χ0v) is 46.7. The highest BCUT2D eigenvalue weighted by Gasteiger charge is 2.19. The maximum absolute atomic E-state index is 12.9. The summed E-state index contributed by atoms with van der Waals surface area (Å²) in [4.78, 5) is 38.2. The van der Waals surface area contributed by atoms with Crippen LogP contribution in [-0.4, -0.2) is 37.2 Å². The molecule has 0 amide bonds. The molecule has 0 rings (SSSR count). The lowest BCUT2D eigenvalue weighted by Gasteiger charge is -2.18. The van der Waals surface area contributed by atoms with Crippen LogP contribution in [0.15, 0.2) is 0 Å². The number of hydrogen-bond acceptors (Lipinski definition) is 6. The van der Waals surface area contributed by atoms with Gasteiger partial charge in [0.05, 0.1) is 0 Å². The van der Waals surface area contributed by atoms with Crippen molar-refractivity contribution in [3.8, 4) is 0 Å². The van der Waals surface area contributed by atoms with E-state index in [2.05, 4.69) is 34.6 Å². The topological polar surface area (TPSA) is 78.9 Å². The van der Waals surface area contributed by atoms with Gasteiger partial charge >= 0.3 is 17.9 Å². The molecule has 404 valence electrons. The van der Waals surface area contributed by atoms with Gasteiger partial charge in [-0.25, -0.2) is 0 Å². The molecule has 0 heterocycles. The molecule has 0 bridgehead atoms. The Balaban J connectivity index is 4.28. The molecular formula is C62H120O6. The van der Waals surface area contributed by atoms with Crippen LogP contribution >= 0.6 is 0 Å². The Kier molecular flexibility index (Phi) is 53.5. The number of carbonyl (C=O) groups excluding carboxylic acids is 3. The van der Waals surface area contributed by atoms with Crippen molar-refractivity contribution in [2.24, 2.45) is 11.8 Å². The largest absolute Gasteiger partial charge is 0.462 e. The first-order valence-corrected chi connectivity index (χ1v) is 30.7. The molecule has 0 saturated carbocycles. The quantitative estimate of drug-likeness (QED) is 0.0343. The monoisotopic (exact) mass is 961 g/mol. The van der Waals surface area contributed by atoms with Crippen molar-refractivity contribution in [1.29, 1.82) is 0 Å². The highest BCUT2D eigenvalue weighted by Crippen LogP contribution is 2.19. The van der Waals surface area contributed by atoms with E-state index in [0.29, 0.717) is 19.3 Å². The first-order valence-electron chi connectivity index (χ1n) is 30.7. The number of ether oxygens (including phenoxy) is 3.